The number of carbonyl (C=O) groups excluding carboxylic acids is 1. The van der Waals surface area contributed by atoms with E-state index in [2.05, 4.69) is 22.8 Å². The van der Waals surface area contributed by atoms with Gasteiger partial charge >= 0.3 is 0 Å². The molecule has 1 atom stereocenters. The lowest BCUT2D eigenvalue weighted by atomic mass is 9.95. The summed E-state index contributed by atoms with van der Waals surface area (Å²) in [6.07, 6.45) is 14.5. The van der Waals surface area contributed by atoms with Crippen molar-refractivity contribution in [3.8, 4) is 0 Å². The smallest absolute Gasteiger partial charge is 0.251 e. The van der Waals surface area contributed by atoms with Crippen molar-refractivity contribution in [2.75, 3.05) is 19.6 Å². The minimum Gasteiger partial charge on any atom is -0.317 e. The van der Waals surface area contributed by atoms with Crippen molar-refractivity contribution in [1.29, 1.82) is 0 Å². The molecule has 3 heteroatoms. The molecule has 3 rings (SSSR count). The van der Waals surface area contributed by atoms with Crippen LogP contribution in [0.15, 0.2) is 11.6 Å². The van der Waals surface area contributed by atoms with Gasteiger partial charge in [0.25, 0.3) is 5.91 Å². The zero-order chi connectivity index (χ0) is 14.7. The van der Waals surface area contributed by atoms with Crippen molar-refractivity contribution in [1.82, 2.24) is 9.80 Å². The van der Waals surface area contributed by atoms with Crippen LogP contribution in [0, 0.1) is 0 Å². The Hall–Kier alpha value is -0.830. The highest BCUT2D eigenvalue weighted by Crippen LogP contribution is 2.42. The fourth-order valence-corrected chi connectivity index (χ4v) is 4.37. The summed E-state index contributed by atoms with van der Waals surface area (Å²) in [4.78, 5) is 17.6. The Morgan fingerprint density at radius 3 is 2.57 bits per heavy atom. The molecule has 21 heavy (non-hydrogen) atoms. The van der Waals surface area contributed by atoms with E-state index in [1.165, 1.54) is 64.5 Å². The minimum absolute atomic E-state index is 0.0358. The highest BCUT2D eigenvalue weighted by Gasteiger charge is 2.50. The van der Waals surface area contributed by atoms with E-state index in [4.69, 9.17) is 0 Å². The number of nitrogens with zero attached hydrogens (tertiary/aromatic N) is 2. The monoisotopic (exact) mass is 290 g/mol. The number of rotatable bonds is 6. The van der Waals surface area contributed by atoms with Crippen LogP contribution in [-0.2, 0) is 4.79 Å². The van der Waals surface area contributed by atoms with Gasteiger partial charge in [-0.25, -0.2) is 0 Å². The van der Waals surface area contributed by atoms with Gasteiger partial charge in [0, 0.05) is 25.2 Å². The van der Waals surface area contributed by atoms with E-state index in [1.54, 1.807) is 0 Å². The van der Waals surface area contributed by atoms with Crippen LogP contribution in [0.25, 0.3) is 0 Å². The Labute approximate surface area is 129 Å². The summed E-state index contributed by atoms with van der Waals surface area (Å²) >= 11 is 0. The molecule has 2 saturated heterocycles. The largest absolute Gasteiger partial charge is 0.317 e. The van der Waals surface area contributed by atoms with Gasteiger partial charge in [-0.05, 0) is 51.0 Å². The lowest BCUT2D eigenvalue weighted by Gasteiger charge is -2.47. The number of fused-ring (bicyclic) bond motifs is 1. The number of hydrogen-bond donors (Lipinski definition) is 0. The molecule has 0 bridgehead atoms. The van der Waals surface area contributed by atoms with Gasteiger partial charge in [-0.3, -0.25) is 9.69 Å². The highest BCUT2D eigenvalue weighted by molar-refractivity contribution is 5.97. The predicted molar refractivity (Wildman–Crippen MR) is 85.9 cm³/mol. The van der Waals surface area contributed by atoms with E-state index < -0.39 is 0 Å². The standard InChI is InChI=1S/C18H30N2O/c1-2-3-4-5-10-16-15-18(19-12-8-9-13-19)11-6-7-14-20(18)17(16)21/h15H,2-14H2,1H3. The first-order valence-corrected chi connectivity index (χ1v) is 9.07. The summed E-state index contributed by atoms with van der Waals surface area (Å²) in [6.45, 7) is 5.54. The second-order valence-electron chi connectivity index (χ2n) is 6.97. The van der Waals surface area contributed by atoms with Crippen LogP contribution < -0.4 is 0 Å². The Bertz CT molecular complexity index is 411. The van der Waals surface area contributed by atoms with Gasteiger partial charge in [0.05, 0.1) is 0 Å². The maximum Gasteiger partial charge on any atom is 0.251 e. The number of likely N-dealkylation sites (tertiary alicyclic amines) is 1. The first-order valence-electron chi connectivity index (χ1n) is 9.07. The van der Waals surface area contributed by atoms with Gasteiger partial charge in [0.15, 0.2) is 0 Å². The molecule has 0 aromatic carbocycles. The van der Waals surface area contributed by atoms with Gasteiger partial charge in [0.1, 0.15) is 5.66 Å². The van der Waals surface area contributed by atoms with Crippen LogP contribution in [0.5, 0.6) is 0 Å². The molecule has 118 valence electrons. The molecule has 1 amide bonds. The Morgan fingerprint density at radius 1 is 1.05 bits per heavy atom. The molecule has 0 spiro atoms. The maximum atomic E-state index is 12.8. The Kier molecular flexibility index (Phi) is 4.68. The van der Waals surface area contributed by atoms with E-state index >= 15 is 0 Å². The van der Waals surface area contributed by atoms with Crippen LogP contribution in [-0.4, -0.2) is 41.0 Å². The van der Waals surface area contributed by atoms with Crippen LogP contribution in [0.3, 0.4) is 0 Å². The minimum atomic E-state index is -0.0358. The van der Waals surface area contributed by atoms with E-state index in [9.17, 15) is 4.79 Å². The van der Waals surface area contributed by atoms with Gasteiger partial charge in [0.2, 0.25) is 0 Å². The highest BCUT2D eigenvalue weighted by atomic mass is 16.2. The summed E-state index contributed by atoms with van der Waals surface area (Å²) in [6, 6.07) is 0. The zero-order valence-corrected chi connectivity index (χ0v) is 13.6. The molecule has 0 N–H and O–H groups in total. The normalized spacial score (nSPS) is 29.9. The van der Waals surface area contributed by atoms with Crippen LogP contribution in [0.2, 0.25) is 0 Å². The Balaban J connectivity index is 1.74. The summed E-state index contributed by atoms with van der Waals surface area (Å²) in [5.41, 5.74) is 1.08. The molecular formula is C18H30N2O. The Morgan fingerprint density at radius 2 is 1.81 bits per heavy atom. The molecule has 3 aliphatic heterocycles. The number of hydrogen-bond acceptors (Lipinski definition) is 2. The molecule has 0 aromatic heterocycles. The molecule has 0 aromatic rings. The third kappa shape index (κ3) is 2.77. The second-order valence-corrected chi connectivity index (χ2v) is 6.97. The van der Waals surface area contributed by atoms with Crippen molar-refractivity contribution in [2.45, 2.75) is 76.8 Å². The van der Waals surface area contributed by atoms with Crippen LogP contribution >= 0.6 is 0 Å². The van der Waals surface area contributed by atoms with Gasteiger partial charge in [-0.2, -0.15) is 0 Å². The van der Waals surface area contributed by atoms with E-state index in [0.717, 1.165) is 25.0 Å². The second kappa shape index (κ2) is 6.51. The van der Waals surface area contributed by atoms with E-state index in [-0.39, 0.29) is 5.66 Å². The quantitative estimate of drug-likeness (QED) is 0.696. The molecule has 0 radical (unpaired) electrons. The molecular weight excluding hydrogens is 260 g/mol. The lowest BCUT2D eigenvalue weighted by Crippen LogP contribution is -2.59. The SMILES string of the molecule is CCCCCCC1=CC2(N3CCCC3)CCCCN2C1=O. The fraction of sp³-hybridized carbons (Fsp3) is 0.833. The average Bonchev–Trinajstić information content (AvgIpc) is 3.12. The van der Waals surface area contributed by atoms with Crippen LogP contribution in [0.4, 0.5) is 0 Å². The number of unbranched alkanes of at least 4 members (excludes halogenated alkanes) is 3. The maximum absolute atomic E-state index is 12.8. The summed E-state index contributed by atoms with van der Waals surface area (Å²) in [5, 5.41) is 0. The van der Waals surface area contributed by atoms with Crippen molar-refractivity contribution in [3.63, 3.8) is 0 Å². The van der Waals surface area contributed by atoms with Crippen molar-refractivity contribution in [2.24, 2.45) is 0 Å². The van der Waals surface area contributed by atoms with E-state index in [1.807, 2.05) is 0 Å². The van der Waals surface area contributed by atoms with E-state index in [0.29, 0.717) is 5.91 Å². The third-order valence-electron chi connectivity index (χ3n) is 5.52. The van der Waals surface area contributed by atoms with Crippen molar-refractivity contribution >= 4 is 5.91 Å². The average molecular weight is 290 g/mol. The van der Waals surface area contributed by atoms with Gasteiger partial charge in [-0.1, -0.05) is 26.2 Å². The van der Waals surface area contributed by atoms with Crippen molar-refractivity contribution < 1.29 is 4.79 Å². The molecule has 3 nitrogen and oxygen atoms in total. The fourth-order valence-electron chi connectivity index (χ4n) is 4.37. The number of piperidine rings is 1. The zero-order valence-electron chi connectivity index (χ0n) is 13.6. The van der Waals surface area contributed by atoms with Gasteiger partial charge < -0.3 is 4.90 Å². The molecule has 1 unspecified atom stereocenters. The molecule has 0 saturated carbocycles. The predicted octanol–water partition coefficient (Wildman–Crippen LogP) is 3.70. The summed E-state index contributed by atoms with van der Waals surface area (Å²) in [5.74, 6) is 0.345. The summed E-state index contributed by atoms with van der Waals surface area (Å²) in [7, 11) is 0. The first kappa shape index (κ1) is 15.1. The molecule has 3 aliphatic rings. The summed E-state index contributed by atoms with van der Waals surface area (Å²) < 4.78 is 0. The molecule has 0 aliphatic carbocycles. The third-order valence-corrected chi connectivity index (χ3v) is 5.52. The van der Waals surface area contributed by atoms with Crippen molar-refractivity contribution in [3.05, 3.63) is 11.6 Å². The topological polar surface area (TPSA) is 23.6 Å². The van der Waals surface area contributed by atoms with Crippen LogP contribution in [0.1, 0.15) is 71.1 Å². The lowest BCUT2D eigenvalue weighted by molar-refractivity contribution is -0.138. The molecule has 3 heterocycles. The van der Waals surface area contributed by atoms with Gasteiger partial charge in [-0.15, -0.1) is 0 Å². The number of amides is 1. The first-order chi connectivity index (χ1) is 10.3. The molecule has 2 fully saturated rings. The number of carbonyl (C=O) groups is 1.